The van der Waals surface area contributed by atoms with Crippen molar-refractivity contribution >= 4 is 44.2 Å². The summed E-state index contributed by atoms with van der Waals surface area (Å²) < 4.78 is 6.15. The van der Waals surface area contributed by atoms with Crippen molar-refractivity contribution in [1.29, 1.82) is 0 Å². The van der Waals surface area contributed by atoms with Crippen molar-refractivity contribution in [3.63, 3.8) is 0 Å². The molecule has 0 saturated heterocycles. The van der Waals surface area contributed by atoms with Crippen LogP contribution >= 0.6 is 22.9 Å². The van der Waals surface area contributed by atoms with Crippen LogP contribution in [0.3, 0.4) is 0 Å². The zero-order valence-corrected chi connectivity index (χ0v) is 13.1. The molecule has 2 heterocycles. The highest BCUT2D eigenvalue weighted by Crippen LogP contribution is 2.28. The molecule has 0 radical (unpaired) electrons. The van der Waals surface area contributed by atoms with E-state index < -0.39 is 0 Å². The molecule has 1 N–H and O–H groups in total. The van der Waals surface area contributed by atoms with Crippen LogP contribution in [0.15, 0.2) is 30.6 Å². The van der Waals surface area contributed by atoms with E-state index >= 15 is 0 Å². The lowest BCUT2D eigenvalue weighted by atomic mass is 10.3. The number of nitrogens with one attached hydrogen (secondary N) is 1. The number of thiazole rings is 1. The topological polar surface area (TPSA) is 77.0 Å². The second-order valence-corrected chi connectivity index (χ2v) is 5.73. The Labute approximate surface area is 135 Å². The fraction of sp³-hybridized carbons (Fsp3) is 0.143. The number of amides is 1. The van der Waals surface area contributed by atoms with E-state index in [1.54, 1.807) is 6.07 Å². The number of benzene rings is 1. The van der Waals surface area contributed by atoms with E-state index in [1.807, 2.05) is 19.1 Å². The number of aromatic nitrogens is 3. The minimum atomic E-state index is -0.367. The summed E-state index contributed by atoms with van der Waals surface area (Å²) in [6, 6.07) is 6.86. The predicted molar refractivity (Wildman–Crippen MR) is 85.8 cm³/mol. The summed E-state index contributed by atoms with van der Waals surface area (Å²) in [4.78, 5) is 24.4. The molecule has 0 aliphatic heterocycles. The van der Waals surface area contributed by atoms with Crippen molar-refractivity contribution in [2.24, 2.45) is 0 Å². The molecule has 0 spiro atoms. The summed E-state index contributed by atoms with van der Waals surface area (Å²) in [7, 11) is 0. The van der Waals surface area contributed by atoms with Gasteiger partial charge in [-0.05, 0) is 25.1 Å². The molecule has 2 aromatic heterocycles. The molecule has 0 bridgehead atoms. The van der Waals surface area contributed by atoms with Gasteiger partial charge in [-0.25, -0.2) is 15.0 Å². The van der Waals surface area contributed by atoms with Gasteiger partial charge in [-0.15, -0.1) is 0 Å². The van der Waals surface area contributed by atoms with Gasteiger partial charge in [0.1, 0.15) is 12.0 Å². The Morgan fingerprint density at radius 1 is 1.36 bits per heavy atom. The Morgan fingerprint density at radius 2 is 2.23 bits per heavy atom. The second-order valence-electron chi connectivity index (χ2n) is 4.26. The summed E-state index contributed by atoms with van der Waals surface area (Å²) in [6.45, 7) is 2.31. The molecule has 1 aromatic carbocycles. The Kier molecular flexibility index (Phi) is 4.17. The van der Waals surface area contributed by atoms with Crippen molar-refractivity contribution in [3.8, 4) is 5.88 Å². The lowest BCUT2D eigenvalue weighted by Gasteiger charge is -2.03. The standard InChI is InChI=1S/C14H11ClN4O2S/c1-2-21-12-6-10(16-7-17-12)13(20)19-14-18-9-4-3-8(15)5-11(9)22-14/h3-7H,2H2,1H3,(H,18,19,20). The van der Waals surface area contributed by atoms with Crippen LogP contribution < -0.4 is 10.1 Å². The van der Waals surface area contributed by atoms with Crippen LogP contribution in [0.1, 0.15) is 17.4 Å². The molecule has 6 nitrogen and oxygen atoms in total. The zero-order valence-electron chi connectivity index (χ0n) is 11.5. The number of rotatable bonds is 4. The van der Waals surface area contributed by atoms with Gasteiger partial charge in [0.15, 0.2) is 5.13 Å². The van der Waals surface area contributed by atoms with Crippen molar-refractivity contribution in [1.82, 2.24) is 15.0 Å². The number of hydrogen-bond donors (Lipinski definition) is 1. The number of halogens is 1. The maximum Gasteiger partial charge on any atom is 0.276 e. The van der Waals surface area contributed by atoms with E-state index in [0.717, 1.165) is 10.2 Å². The Balaban J connectivity index is 1.81. The number of hydrogen-bond acceptors (Lipinski definition) is 6. The van der Waals surface area contributed by atoms with Crippen LogP contribution in [-0.2, 0) is 0 Å². The molecular formula is C14H11ClN4O2S. The van der Waals surface area contributed by atoms with Crippen LogP contribution in [0.4, 0.5) is 5.13 Å². The first-order chi connectivity index (χ1) is 10.7. The quantitative estimate of drug-likeness (QED) is 0.791. The summed E-state index contributed by atoms with van der Waals surface area (Å²) in [6.07, 6.45) is 1.29. The van der Waals surface area contributed by atoms with E-state index in [-0.39, 0.29) is 11.6 Å². The van der Waals surface area contributed by atoms with Crippen LogP contribution in [0.25, 0.3) is 10.2 Å². The van der Waals surface area contributed by atoms with Gasteiger partial charge in [-0.2, -0.15) is 0 Å². The molecule has 0 aliphatic rings. The van der Waals surface area contributed by atoms with Gasteiger partial charge in [-0.3, -0.25) is 10.1 Å². The van der Waals surface area contributed by atoms with Gasteiger partial charge in [-0.1, -0.05) is 22.9 Å². The second kappa shape index (κ2) is 6.25. The Bertz CT molecular complexity index is 837. The average Bonchev–Trinajstić information content (AvgIpc) is 2.89. The first kappa shape index (κ1) is 14.7. The van der Waals surface area contributed by atoms with Crippen LogP contribution in [0.2, 0.25) is 5.02 Å². The summed E-state index contributed by atoms with van der Waals surface area (Å²) in [5.74, 6) is -0.00719. The monoisotopic (exact) mass is 334 g/mol. The highest BCUT2D eigenvalue weighted by atomic mass is 35.5. The molecule has 3 aromatic rings. The zero-order chi connectivity index (χ0) is 15.5. The smallest absolute Gasteiger partial charge is 0.276 e. The molecule has 0 aliphatic carbocycles. The fourth-order valence-corrected chi connectivity index (χ4v) is 2.94. The number of ether oxygens (including phenoxy) is 1. The number of carbonyl (C=O) groups excluding carboxylic acids is 1. The molecule has 0 saturated carbocycles. The summed E-state index contributed by atoms with van der Waals surface area (Å²) in [5.41, 5.74) is 0.998. The van der Waals surface area contributed by atoms with E-state index in [0.29, 0.717) is 22.6 Å². The highest BCUT2D eigenvalue weighted by Gasteiger charge is 2.12. The number of carbonyl (C=O) groups is 1. The minimum absolute atomic E-state index is 0.218. The molecule has 22 heavy (non-hydrogen) atoms. The normalized spacial score (nSPS) is 10.6. The van der Waals surface area contributed by atoms with Gasteiger partial charge >= 0.3 is 0 Å². The van der Waals surface area contributed by atoms with Gasteiger partial charge < -0.3 is 4.74 Å². The van der Waals surface area contributed by atoms with Crippen molar-refractivity contribution in [3.05, 3.63) is 41.3 Å². The molecular weight excluding hydrogens is 324 g/mol. The Hall–Kier alpha value is -2.25. The van der Waals surface area contributed by atoms with Gasteiger partial charge in [0, 0.05) is 11.1 Å². The van der Waals surface area contributed by atoms with Crippen LogP contribution in [0.5, 0.6) is 5.88 Å². The van der Waals surface area contributed by atoms with Gasteiger partial charge in [0.05, 0.1) is 16.8 Å². The number of fused-ring (bicyclic) bond motifs is 1. The van der Waals surface area contributed by atoms with E-state index in [2.05, 4.69) is 20.3 Å². The molecule has 8 heteroatoms. The summed E-state index contributed by atoms with van der Waals surface area (Å²) >= 11 is 7.28. The Morgan fingerprint density at radius 3 is 3.05 bits per heavy atom. The largest absolute Gasteiger partial charge is 0.478 e. The van der Waals surface area contributed by atoms with E-state index in [9.17, 15) is 4.79 Å². The highest BCUT2D eigenvalue weighted by molar-refractivity contribution is 7.22. The average molecular weight is 335 g/mol. The lowest BCUT2D eigenvalue weighted by Crippen LogP contribution is -2.14. The van der Waals surface area contributed by atoms with Gasteiger partial charge in [0.25, 0.3) is 5.91 Å². The molecule has 112 valence electrons. The predicted octanol–water partition coefficient (Wildman–Crippen LogP) is 3.39. The van der Waals surface area contributed by atoms with E-state index in [4.69, 9.17) is 16.3 Å². The minimum Gasteiger partial charge on any atom is -0.478 e. The number of anilines is 1. The first-order valence-corrected chi connectivity index (χ1v) is 7.67. The molecule has 0 fully saturated rings. The molecule has 0 atom stereocenters. The SMILES string of the molecule is CCOc1cc(C(=O)Nc2nc3ccc(Cl)cc3s2)ncn1. The van der Waals surface area contributed by atoms with Gasteiger partial charge in [0.2, 0.25) is 5.88 Å². The van der Waals surface area contributed by atoms with E-state index in [1.165, 1.54) is 23.7 Å². The van der Waals surface area contributed by atoms with Crippen molar-refractivity contribution < 1.29 is 9.53 Å². The molecule has 3 rings (SSSR count). The summed E-state index contributed by atoms with van der Waals surface area (Å²) in [5, 5.41) is 3.83. The van der Waals surface area contributed by atoms with Crippen LogP contribution in [0, 0.1) is 0 Å². The maximum atomic E-state index is 12.2. The number of nitrogens with zero attached hydrogens (tertiary/aromatic N) is 3. The third-order valence-electron chi connectivity index (χ3n) is 2.74. The van der Waals surface area contributed by atoms with Crippen molar-refractivity contribution in [2.45, 2.75) is 6.92 Å². The first-order valence-electron chi connectivity index (χ1n) is 6.48. The molecule has 1 amide bonds. The maximum absolute atomic E-state index is 12.2. The third-order valence-corrected chi connectivity index (χ3v) is 3.91. The lowest BCUT2D eigenvalue weighted by molar-refractivity contribution is 0.102. The van der Waals surface area contributed by atoms with Crippen LogP contribution in [-0.4, -0.2) is 27.5 Å². The van der Waals surface area contributed by atoms with Crippen molar-refractivity contribution in [2.75, 3.05) is 11.9 Å². The molecule has 0 unspecified atom stereocenters. The fourth-order valence-electron chi connectivity index (χ4n) is 1.80. The third kappa shape index (κ3) is 3.15.